The molecule has 0 aromatic carbocycles. The lowest BCUT2D eigenvalue weighted by Crippen LogP contribution is -2.44. The number of aryl methyl sites for hydroxylation is 1. The Hall–Kier alpha value is -1.76. The summed E-state index contributed by atoms with van der Waals surface area (Å²) in [5.41, 5.74) is 2.32. The fourth-order valence-electron chi connectivity index (χ4n) is 1.43. The van der Waals surface area contributed by atoms with Crippen LogP contribution in [0, 0.1) is 0 Å². The van der Waals surface area contributed by atoms with Crippen LogP contribution in [0.3, 0.4) is 0 Å². The van der Waals surface area contributed by atoms with Gasteiger partial charge in [-0.2, -0.15) is 4.68 Å². The summed E-state index contributed by atoms with van der Waals surface area (Å²) in [7, 11) is 1.55. The topological polar surface area (TPSA) is 84.7 Å². The maximum atomic E-state index is 11.8. The monoisotopic (exact) mass is 243 g/mol. The van der Waals surface area contributed by atoms with Crippen molar-refractivity contribution in [3.8, 4) is 0 Å². The van der Waals surface area contributed by atoms with Gasteiger partial charge in [0.05, 0.1) is 6.33 Å². The van der Waals surface area contributed by atoms with Gasteiger partial charge >= 0.3 is 11.2 Å². The molecule has 2 N–H and O–H groups in total. The molecular weight excluding hydrogens is 234 g/mol. The fourth-order valence-corrected chi connectivity index (χ4v) is 1.52. The van der Waals surface area contributed by atoms with Crippen molar-refractivity contribution in [1.82, 2.24) is 19.2 Å². The molecule has 0 bridgehead atoms. The number of halogens is 1. The molecule has 2 aromatic heterocycles. The maximum absolute atomic E-state index is 11.8. The van der Waals surface area contributed by atoms with Crippen molar-refractivity contribution in [2.45, 2.75) is 0 Å². The van der Waals surface area contributed by atoms with E-state index in [1.807, 2.05) is 0 Å². The van der Waals surface area contributed by atoms with Crippen LogP contribution in [0.15, 0.2) is 15.9 Å². The first-order chi connectivity index (χ1) is 7.66. The van der Waals surface area contributed by atoms with Crippen LogP contribution in [0.1, 0.15) is 0 Å². The summed E-state index contributed by atoms with van der Waals surface area (Å²) >= 11 is 5.49. The van der Waals surface area contributed by atoms with Crippen LogP contribution < -0.4 is 16.7 Å². The van der Waals surface area contributed by atoms with Gasteiger partial charge in [0.25, 0.3) is 0 Å². The molecule has 0 atom stereocenters. The van der Waals surface area contributed by atoms with E-state index in [4.69, 9.17) is 11.6 Å². The van der Waals surface area contributed by atoms with E-state index in [0.29, 0.717) is 18.1 Å². The van der Waals surface area contributed by atoms with Gasteiger partial charge in [-0.05, 0) is 0 Å². The number of aromatic amines is 1. The molecule has 2 aromatic rings. The van der Waals surface area contributed by atoms with E-state index in [2.05, 4.69) is 15.4 Å². The van der Waals surface area contributed by atoms with Gasteiger partial charge in [0, 0.05) is 19.5 Å². The third kappa shape index (κ3) is 1.49. The highest BCUT2D eigenvalue weighted by Crippen LogP contribution is 1.97. The molecule has 0 radical (unpaired) electrons. The molecule has 2 heterocycles. The predicted molar refractivity (Wildman–Crippen MR) is 60.5 cm³/mol. The van der Waals surface area contributed by atoms with E-state index in [9.17, 15) is 9.59 Å². The lowest BCUT2D eigenvalue weighted by atomic mass is 10.5. The molecule has 0 unspecified atom stereocenters. The summed E-state index contributed by atoms with van der Waals surface area (Å²) in [6, 6.07) is 0. The minimum Gasteiger partial charge on any atom is -0.339 e. The molecule has 0 amide bonds. The number of aromatic nitrogens is 4. The highest BCUT2D eigenvalue weighted by molar-refractivity contribution is 6.18. The molecule has 0 aliphatic heterocycles. The molecule has 0 aliphatic carbocycles. The Morgan fingerprint density at radius 1 is 1.56 bits per heavy atom. The summed E-state index contributed by atoms with van der Waals surface area (Å²) in [6.07, 6.45) is 1.37. The zero-order chi connectivity index (χ0) is 11.7. The second kappa shape index (κ2) is 4.01. The number of hydrogen-bond donors (Lipinski definition) is 2. The van der Waals surface area contributed by atoms with Gasteiger partial charge in [-0.1, -0.05) is 0 Å². The quantitative estimate of drug-likeness (QED) is 0.692. The Labute approximate surface area is 94.6 Å². The number of hydrogen-bond acceptors (Lipinski definition) is 4. The average Bonchev–Trinajstić information content (AvgIpc) is 2.75. The van der Waals surface area contributed by atoms with Gasteiger partial charge in [0.15, 0.2) is 11.2 Å². The molecule has 0 spiro atoms. The van der Waals surface area contributed by atoms with Crippen molar-refractivity contribution < 1.29 is 0 Å². The third-order valence-corrected chi connectivity index (χ3v) is 2.39. The minimum absolute atomic E-state index is 0.282. The molecule has 0 fully saturated rings. The molecule has 86 valence electrons. The molecule has 0 aliphatic rings. The van der Waals surface area contributed by atoms with Gasteiger partial charge in [0.2, 0.25) is 0 Å². The van der Waals surface area contributed by atoms with Crippen LogP contribution in [0.25, 0.3) is 11.2 Å². The Kier molecular flexibility index (Phi) is 2.69. The van der Waals surface area contributed by atoms with Crippen molar-refractivity contribution in [1.29, 1.82) is 0 Å². The lowest BCUT2D eigenvalue weighted by molar-refractivity contribution is 0.700. The maximum Gasteiger partial charge on any atom is 0.351 e. The van der Waals surface area contributed by atoms with Crippen LogP contribution >= 0.6 is 11.6 Å². The Morgan fingerprint density at radius 3 is 3.00 bits per heavy atom. The third-order valence-electron chi connectivity index (χ3n) is 2.20. The summed E-state index contributed by atoms with van der Waals surface area (Å²) in [5, 5.41) is 0. The molecule has 7 nitrogen and oxygen atoms in total. The number of rotatable bonds is 3. The highest BCUT2D eigenvalue weighted by Gasteiger charge is 2.11. The number of imidazole rings is 1. The van der Waals surface area contributed by atoms with Crippen molar-refractivity contribution in [2.75, 3.05) is 17.9 Å². The molecule has 16 heavy (non-hydrogen) atoms. The number of fused-ring (bicyclic) bond motifs is 1. The first-order valence-corrected chi connectivity index (χ1v) is 5.15. The number of H-pyrrole nitrogens is 1. The van der Waals surface area contributed by atoms with E-state index in [1.165, 1.54) is 10.9 Å². The normalized spacial score (nSPS) is 10.9. The van der Waals surface area contributed by atoms with Crippen LogP contribution in [0.4, 0.5) is 0 Å². The standard InChI is InChI=1S/C8H10ClN5O2/c1-13-6-5(10-4-11-6)7(15)14(8(13)16)12-3-2-9/h4,12H,2-3H2,1H3,(H,10,11). The number of nitrogens with zero attached hydrogens (tertiary/aromatic N) is 3. The second-order valence-electron chi connectivity index (χ2n) is 3.18. The molecular formula is C8H10ClN5O2. The lowest BCUT2D eigenvalue weighted by Gasteiger charge is -2.08. The predicted octanol–water partition coefficient (Wildman–Crippen LogP) is -0.794. The van der Waals surface area contributed by atoms with Crippen LogP contribution in [0.5, 0.6) is 0 Å². The zero-order valence-electron chi connectivity index (χ0n) is 8.53. The zero-order valence-corrected chi connectivity index (χ0v) is 9.28. The van der Waals surface area contributed by atoms with Gasteiger partial charge in [-0.15, -0.1) is 11.6 Å². The smallest absolute Gasteiger partial charge is 0.339 e. The van der Waals surface area contributed by atoms with E-state index >= 15 is 0 Å². The van der Waals surface area contributed by atoms with Gasteiger partial charge in [-0.3, -0.25) is 9.36 Å². The first kappa shape index (κ1) is 10.7. The fraction of sp³-hybridized carbons (Fsp3) is 0.375. The Bertz CT molecular complexity index is 625. The molecule has 0 saturated carbocycles. The van der Waals surface area contributed by atoms with E-state index in [1.54, 1.807) is 7.05 Å². The van der Waals surface area contributed by atoms with E-state index in [-0.39, 0.29) is 5.52 Å². The number of nitrogens with one attached hydrogen (secondary N) is 2. The van der Waals surface area contributed by atoms with Crippen LogP contribution in [-0.4, -0.2) is 31.6 Å². The summed E-state index contributed by atoms with van der Waals surface area (Å²) < 4.78 is 2.21. The number of alkyl halides is 1. The van der Waals surface area contributed by atoms with Crippen LogP contribution in [-0.2, 0) is 7.05 Å². The van der Waals surface area contributed by atoms with Crippen molar-refractivity contribution >= 4 is 22.8 Å². The van der Waals surface area contributed by atoms with Crippen molar-refractivity contribution in [3.05, 3.63) is 27.2 Å². The van der Waals surface area contributed by atoms with Crippen LogP contribution in [0.2, 0.25) is 0 Å². The molecule has 2 rings (SSSR count). The Balaban J connectivity index is 2.73. The summed E-state index contributed by atoms with van der Waals surface area (Å²) in [4.78, 5) is 30.2. The summed E-state index contributed by atoms with van der Waals surface area (Å²) in [5.74, 6) is 0.302. The molecule has 8 heteroatoms. The van der Waals surface area contributed by atoms with Gasteiger partial charge < -0.3 is 10.4 Å². The molecule has 0 saturated heterocycles. The summed E-state index contributed by atoms with van der Waals surface area (Å²) in [6.45, 7) is 0.330. The van der Waals surface area contributed by atoms with Gasteiger partial charge in [-0.25, -0.2) is 9.78 Å². The SMILES string of the molecule is Cn1c(=O)n(NCCCl)c(=O)c2[nH]cnc21. The van der Waals surface area contributed by atoms with Crippen molar-refractivity contribution in [2.24, 2.45) is 7.05 Å². The largest absolute Gasteiger partial charge is 0.351 e. The van der Waals surface area contributed by atoms with E-state index < -0.39 is 11.2 Å². The first-order valence-electron chi connectivity index (χ1n) is 4.61. The second-order valence-corrected chi connectivity index (χ2v) is 3.56. The van der Waals surface area contributed by atoms with E-state index in [0.717, 1.165) is 4.68 Å². The Morgan fingerprint density at radius 2 is 2.31 bits per heavy atom. The van der Waals surface area contributed by atoms with Gasteiger partial charge in [0.1, 0.15) is 0 Å². The van der Waals surface area contributed by atoms with Crippen molar-refractivity contribution in [3.63, 3.8) is 0 Å². The highest BCUT2D eigenvalue weighted by atomic mass is 35.5. The minimum atomic E-state index is -0.477. The average molecular weight is 244 g/mol.